The zero-order chi connectivity index (χ0) is 14.7. The number of hydrogen-bond donors (Lipinski definition) is 0. The lowest BCUT2D eigenvalue weighted by Gasteiger charge is -2.23. The van der Waals surface area contributed by atoms with Gasteiger partial charge < -0.3 is 14.2 Å². The molecule has 0 N–H and O–H groups in total. The van der Waals surface area contributed by atoms with Gasteiger partial charge in [0.15, 0.2) is 0 Å². The van der Waals surface area contributed by atoms with E-state index < -0.39 is 6.09 Å². The monoisotopic (exact) mass is 291 g/mol. The van der Waals surface area contributed by atoms with Crippen LogP contribution in [0.2, 0.25) is 0 Å². The summed E-state index contributed by atoms with van der Waals surface area (Å²) in [5, 5.41) is 0. The Labute approximate surface area is 122 Å². The van der Waals surface area contributed by atoms with Crippen LogP contribution in [0, 0.1) is 0 Å². The first-order valence-electron chi connectivity index (χ1n) is 7.07. The summed E-state index contributed by atoms with van der Waals surface area (Å²) in [6.45, 7) is 2.00. The molecule has 0 unspecified atom stereocenters. The lowest BCUT2D eigenvalue weighted by atomic mass is 10.1. The Hall–Kier alpha value is -2.08. The topological polar surface area (TPSA) is 65.1 Å². The van der Waals surface area contributed by atoms with Gasteiger partial charge >= 0.3 is 6.09 Å². The van der Waals surface area contributed by atoms with Gasteiger partial charge in [-0.3, -0.25) is 4.79 Å². The Bertz CT molecular complexity index is 521. The van der Waals surface area contributed by atoms with Gasteiger partial charge in [0, 0.05) is 18.4 Å². The standard InChI is InChI=1S/C15H17NO5/c17-14(16-7-10-20-15(16)18)11-1-3-12(4-2-11)21-13-5-8-19-9-6-13/h1-4,13H,5-10H2. The molecule has 0 aromatic heterocycles. The maximum atomic E-state index is 12.1. The minimum absolute atomic E-state index is 0.161. The van der Waals surface area contributed by atoms with E-state index in [1.54, 1.807) is 24.3 Å². The van der Waals surface area contributed by atoms with Gasteiger partial charge in [0.25, 0.3) is 5.91 Å². The molecule has 2 aliphatic rings. The minimum atomic E-state index is -0.581. The van der Waals surface area contributed by atoms with E-state index in [1.807, 2.05) is 0 Å². The highest BCUT2D eigenvalue weighted by Crippen LogP contribution is 2.20. The smallest absolute Gasteiger partial charge is 0.416 e. The van der Waals surface area contributed by atoms with Gasteiger partial charge in [-0.15, -0.1) is 0 Å². The third-order valence-corrected chi connectivity index (χ3v) is 3.58. The lowest BCUT2D eigenvalue weighted by molar-refractivity contribution is 0.0256. The van der Waals surface area contributed by atoms with Crippen LogP contribution in [-0.2, 0) is 9.47 Å². The number of carbonyl (C=O) groups is 2. The average Bonchev–Trinajstić information content (AvgIpc) is 2.94. The molecule has 1 aromatic carbocycles. The molecule has 0 saturated carbocycles. The number of cyclic esters (lactones) is 1. The van der Waals surface area contributed by atoms with Crippen LogP contribution in [0.1, 0.15) is 23.2 Å². The summed E-state index contributed by atoms with van der Waals surface area (Å²) < 4.78 is 15.9. The fourth-order valence-electron chi connectivity index (χ4n) is 2.40. The number of hydrogen-bond acceptors (Lipinski definition) is 5. The molecule has 0 atom stereocenters. The van der Waals surface area contributed by atoms with Crippen molar-refractivity contribution in [2.45, 2.75) is 18.9 Å². The molecule has 0 radical (unpaired) electrons. The highest BCUT2D eigenvalue weighted by Gasteiger charge is 2.29. The quantitative estimate of drug-likeness (QED) is 0.850. The number of nitrogens with zero attached hydrogens (tertiary/aromatic N) is 1. The largest absolute Gasteiger partial charge is 0.490 e. The van der Waals surface area contributed by atoms with Gasteiger partial charge in [0.2, 0.25) is 0 Å². The Morgan fingerprint density at radius 3 is 2.48 bits per heavy atom. The Morgan fingerprint density at radius 1 is 1.14 bits per heavy atom. The van der Waals surface area contributed by atoms with Crippen molar-refractivity contribution in [1.29, 1.82) is 0 Å². The third kappa shape index (κ3) is 3.16. The maximum absolute atomic E-state index is 12.1. The summed E-state index contributed by atoms with van der Waals surface area (Å²) in [5.74, 6) is 0.387. The molecule has 2 fully saturated rings. The van der Waals surface area contributed by atoms with E-state index in [0.717, 1.165) is 36.7 Å². The summed E-state index contributed by atoms with van der Waals surface area (Å²) in [7, 11) is 0. The molecule has 2 amide bonds. The van der Waals surface area contributed by atoms with Crippen LogP contribution in [0.15, 0.2) is 24.3 Å². The average molecular weight is 291 g/mol. The first-order chi connectivity index (χ1) is 10.2. The normalized spacial score (nSPS) is 19.4. The lowest BCUT2D eigenvalue weighted by Crippen LogP contribution is -2.31. The molecule has 0 aliphatic carbocycles. The van der Waals surface area contributed by atoms with Crippen molar-refractivity contribution in [3.8, 4) is 5.75 Å². The number of ether oxygens (including phenoxy) is 3. The minimum Gasteiger partial charge on any atom is -0.490 e. The first kappa shape index (κ1) is 13.9. The van der Waals surface area contributed by atoms with Crippen LogP contribution >= 0.6 is 0 Å². The predicted octanol–water partition coefficient (Wildman–Crippen LogP) is 1.84. The highest BCUT2D eigenvalue weighted by molar-refractivity contribution is 6.03. The van der Waals surface area contributed by atoms with E-state index in [9.17, 15) is 9.59 Å². The van der Waals surface area contributed by atoms with Crippen LogP contribution in [0.5, 0.6) is 5.75 Å². The van der Waals surface area contributed by atoms with E-state index in [2.05, 4.69) is 0 Å². The Kier molecular flexibility index (Phi) is 4.06. The van der Waals surface area contributed by atoms with Crippen molar-refractivity contribution >= 4 is 12.0 Å². The second-order valence-electron chi connectivity index (χ2n) is 5.03. The zero-order valence-corrected chi connectivity index (χ0v) is 11.6. The Balaban J connectivity index is 1.63. The Morgan fingerprint density at radius 2 is 1.86 bits per heavy atom. The van der Waals surface area contributed by atoms with Gasteiger partial charge in [0.05, 0.1) is 19.8 Å². The zero-order valence-electron chi connectivity index (χ0n) is 11.6. The fourth-order valence-corrected chi connectivity index (χ4v) is 2.40. The molecule has 2 heterocycles. The molecule has 2 saturated heterocycles. The number of benzene rings is 1. The maximum Gasteiger partial charge on any atom is 0.416 e. The first-order valence-corrected chi connectivity index (χ1v) is 7.07. The molecular weight excluding hydrogens is 274 g/mol. The second kappa shape index (κ2) is 6.13. The summed E-state index contributed by atoms with van der Waals surface area (Å²) in [6.07, 6.45) is 1.33. The molecule has 3 rings (SSSR count). The fraction of sp³-hybridized carbons (Fsp3) is 0.467. The van der Waals surface area contributed by atoms with Crippen molar-refractivity contribution in [2.24, 2.45) is 0 Å². The molecule has 21 heavy (non-hydrogen) atoms. The summed E-state index contributed by atoms with van der Waals surface area (Å²) in [5.41, 5.74) is 0.452. The number of carbonyl (C=O) groups excluding carboxylic acids is 2. The predicted molar refractivity (Wildman–Crippen MR) is 73.3 cm³/mol. The number of imide groups is 1. The van der Waals surface area contributed by atoms with Crippen molar-refractivity contribution in [3.05, 3.63) is 29.8 Å². The van der Waals surface area contributed by atoms with Crippen LogP contribution in [0.25, 0.3) is 0 Å². The highest BCUT2D eigenvalue weighted by atomic mass is 16.6. The molecule has 1 aromatic rings. The SMILES string of the molecule is O=C1OCCN1C(=O)c1ccc(OC2CCOCC2)cc1. The van der Waals surface area contributed by atoms with E-state index in [4.69, 9.17) is 14.2 Å². The molecule has 0 spiro atoms. The summed E-state index contributed by atoms with van der Waals surface area (Å²) >= 11 is 0. The van der Waals surface area contributed by atoms with Gasteiger partial charge in [-0.05, 0) is 24.3 Å². The second-order valence-corrected chi connectivity index (χ2v) is 5.03. The van der Waals surface area contributed by atoms with Gasteiger partial charge in [0.1, 0.15) is 18.5 Å². The van der Waals surface area contributed by atoms with Crippen molar-refractivity contribution in [2.75, 3.05) is 26.4 Å². The molecule has 6 heteroatoms. The third-order valence-electron chi connectivity index (χ3n) is 3.58. The van der Waals surface area contributed by atoms with E-state index >= 15 is 0 Å². The van der Waals surface area contributed by atoms with Crippen LogP contribution in [0.4, 0.5) is 4.79 Å². The van der Waals surface area contributed by atoms with Gasteiger partial charge in [-0.1, -0.05) is 0 Å². The van der Waals surface area contributed by atoms with Crippen molar-refractivity contribution < 1.29 is 23.8 Å². The molecule has 0 bridgehead atoms. The number of amides is 2. The van der Waals surface area contributed by atoms with Crippen molar-refractivity contribution in [3.63, 3.8) is 0 Å². The van der Waals surface area contributed by atoms with E-state index in [-0.39, 0.29) is 18.6 Å². The molecule has 6 nitrogen and oxygen atoms in total. The number of rotatable bonds is 3. The van der Waals surface area contributed by atoms with Crippen LogP contribution < -0.4 is 4.74 Å². The van der Waals surface area contributed by atoms with Crippen molar-refractivity contribution in [1.82, 2.24) is 4.90 Å². The summed E-state index contributed by atoms with van der Waals surface area (Å²) in [4.78, 5) is 24.6. The molecular formula is C15H17NO5. The van der Waals surface area contributed by atoms with Gasteiger partial charge in [-0.25, -0.2) is 9.69 Å². The molecule has 2 aliphatic heterocycles. The van der Waals surface area contributed by atoms with Crippen LogP contribution in [0.3, 0.4) is 0 Å². The van der Waals surface area contributed by atoms with E-state index in [0.29, 0.717) is 12.1 Å². The van der Waals surface area contributed by atoms with Crippen LogP contribution in [-0.4, -0.2) is 49.4 Å². The van der Waals surface area contributed by atoms with Gasteiger partial charge in [-0.2, -0.15) is 0 Å². The summed E-state index contributed by atoms with van der Waals surface area (Å²) in [6, 6.07) is 6.85. The van der Waals surface area contributed by atoms with E-state index in [1.165, 1.54) is 0 Å². The molecule has 112 valence electrons.